The van der Waals surface area contributed by atoms with Crippen molar-refractivity contribution in [1.29, 1.82) is 5.26 Å². The zero-order chi connectivity index (χ0) is 20.9. The summed E-state index contributed by atoms with van der Waals surface area (Å²) in [5.41, 5.74) is -5.94. The van der Waals surface area contributed by atoms with Gasteiger partial charge in [-0.2, -0.15) is 26.3 Å². The molecule has 0 saturated carbocycles. The van der Waals surface area contributed by atoms with Crippen molar-refractivity contribution in [2.75, 3.05) is 0 Å². The SMILES string of the molecule is [C-]#[N+]C(C#N)=C1C(=O)c2cc(C(F)(F)F)cnc2-c2ncc(C(F)(F)F)cc21. The highest BCUT2D eigenvalue weighted by Crippen LogP contribution is 2.42. The van der Waals surface area contributed by atoms with Crippen LogP contribution in [0.2, 0.25) is 0 Å². The molecule has 1 aliphatic rings. The number of Topliss-reactive ketones (excluding diaryl/α,β-unsaturated/α-hetero) is 1. The van der Waals surface area contributed by atoms with Crippen molar-refractivity contribution in [3.05, 3.63) is 63.9 Å². The van der Waals surface area contributed by atoms with Gasteiger partial charge in [0.1, 0.15) is 5.69 Å². The number of aromatic nitrogens is 2. The van der Waals surface area contributed by atoms with Crippen LogP contribution in [0.5, 0.6) is 0 Å². The quantitative estimate of drug-likeness (QED) is 0.285. The van der Waals surface area contributed by atoms with Gasteiger partial charge in [-0.3, -0.25) is 14.8 Å². The molecule has 2 aromatic rings. The van der Waals surface area contributed by atoms with E-state index in [1.807, 2.05) is 0 Å². The molecule has 2 aromatic heterocycles. The van der Waals surface area contributed by atoms with Crippen molar-refractivity contribution in [3.8, 4) is 17.5 Å². The number of ketones is 1. The Morgan fingerprint density at radius 3 is 1.86 bits per heavy atom. The monoisotopic (exact) mass is 394 g/mol. The van der Waals surface area contributed by atoms with E-state index in [1.54, 1.807) is 0 Å². The van der Waals surface area contributed by atoms with Crippen LogP contribution in [0.3, 0.4) is 0 Å². The Morgan fingerprint density at radius 2 is 1.43 bits per heavy atom. The zero-order valence-electron chi connectivity index (χ0n) is 13.3. The lowest BCUT2D eigenvalue weighted by Crippen LogP contribution is -2.19. The van der Waals surface area contributed by atoms with E-state index in [9.17, 15) is 31.1 Å². The van der Waals surface area contributed by atoms with E-state index in [1.165, 1.54) is 6.07 Å². The topological polar surface area (TPSA) is 71.0 Å². The zero-order valence-corrected chi connectivity index (χ0v) is 13.3. The summed E-state index contributed by atoms with van der Waals surface area (Å²) in [6.07, 6.45) is -8.82. The third kappa shape index (κ3) is 2.97. The minimum atomic E-state index is -4.84. The molecule has 0 saturated heterocycles. The molecule has 0 aliphatic heterocycles. The van der Waals surface area contributed by atoms with Gasteiger partial charge in [0.25, 0.3) is 5.70 Å². The Hall–Kier alpha value is -3.73. The molecule has 0 bridgehead atoms. The van der Waals surface area contributed by atoms with Crippen molar-refractivity contribution in [2.24, 2.45) is 0 Å². The summed E-state index contributed by atoms with van der Waals surface area (Å²) < 4.78 is 77.9. The molecular formula is C17H4F6N4O. The highest BCUT2D eigenvalue weighted by molar-refractivity contribution is 6.35. The average molecular weight is 394 g/mol. The summed E-state index contributed by atoms with van der Waals surface area (Å²) >= 11 is 0. The summed E-state index contributed by atoms with van der Waals surface area (Å²) in [5, 5.41) is 9.07. The third-order valence-corrected chi connectivity index (χ3v) is 3.85. The largest absolute Gasteiger partial charge is 0.417 e. The summed E-state index contributed by atoms with van der Waals surface area (Å²) in [4.78, 5) is 22.7. The second-order valence-corrected chi connectivity index (χ2v) is 5.51. The molecule has 0 amide bonds. The van der Waals surface area contributed by atoms with E-state index in [-0.39, 0.29) is 11.4 Å². The van der Waals surface area contributed by atoms with Crippen molar-refractivity contribution in [1.82, 2.24) is 9.97 Å². The van der Waals surface area contributed by atoms with Crippen LogP contribution in [-0.4, -0.2) is 15.8 Å². The number of rotatable bonds is 0. The Bertz CT molecular complexity index is 1120. The molecule has 140 valence electrons. The van der Waals surface area contributed by atoms with E-state index >= 15 is 0 Å². The average Bonchev–Trinajstić information content (AvgIpc) is 2.62. The molecule has 0 spiro atoms. The Morgan fingerprint density at radius 1 is 0.964 bits per heavy atom. The summed E-state index contributed by atoms with van der Waals surface area (Å²) in [6.45, 7) is 6.98. The first-order valence-electron chi connectivity index (χ1n) is 7.20. The van der Waals surface area contributed by atoms with Gasteiger partial charge in [-0.15, -0.1) is 0 Å². The molecule has 0 N–H and O–H groups in total. The van der Waals surface area contributed by atoms with Crippen LogP contribution in [-0.2, 0) is 12.4 Å². The number of hydrogen-bond acceptors (Lipinski definition) is 4. The van der Waals surface area contributed by atoms with Gasteiger partial charge in [0.15, 0.2) is 5.78 Å². The van der Waals surface area contributed by atoms with E-state index in [0.717, 1.165) is 0 Å². The van der Waals surface area contributed by atoms with Crippen molar-refractivity contribution in [2.45, 2.75) is 12.4 Å². The Balaban J connectivity index is 2.41. The third-order valence-electron chi connectivity index (χ3n) is 3.85. The van der Waals surface area contributed by atoms with E-state index in [4.69, 9.17) is 11.8 Å². The van der Waals surface area contributed by atoms with Crippen LogP contribution >= 0.6 is 0 Å². The van der Waals surface area contributed by atoms with Crippen LogP contribution in [0.25, 0.3) is 21.8 Å². The lowest BCUT2D eigenvalue weighted by Gasteiger charge is -2.22. The summed E-state index contributed by atoms with van der Waals surface area (Å²) in [5.74, 6) is -1.21. The molecule has 0 unspecified atom stereocenters. The smallest absolute Gasteiger partial charge is 0.290 e. The minimum absolute atomic E-state index is 0.331. The molecule has 0 atom stereocenters. The lowest BCUT2D eigenvalue weighted by atomic mass is 9.84. The summed E-state index contributed by atoms with van der Waals surface area (Å²) in [7, 11) is 0. The van der Waals surface area contributed by atoms with Crippen molar-refractivity contribution in [3.63, 3.8) is 0 Å². The molecule has 0 aromatic carbocycles. The maximum absolute atomic E-state index is 13.0. The first-order valence-corrected chi connectivity index (χ1v) is 7.20. The molecule has 2 heterocycles. The van der Waals surface area contributed by atoms with E-state index in [2.05, 4.69) is 14.8 Å². The van der Waals surface area contributed by atoms with Gasteiger partial charge in [-0.05, 0) is 12.1 Å². The molecule has 1 aliphatic carbocycles. The fourth-order valence-corrected chi connectivity index (χ4v) is 2.61. The number of carbonyl (C=O) groups is 1. The van der Waals surface area contributed by atoms with E-state index in [0.29, 0.717) is 24.5 Å². The maximum Gasteiger partial charge on any atom is 0.417 e. The lowest BCUT2D eigenvalue weighted by molar-refractivity contribution is -0.138. The van der Waals surface area contributed by atoms with E-state index < -0.39 is 51.7 Å². The number of halogens is 6. The van der Waals surface area contributed by atoms with Crippen LogP contribution in [0.15, 0.2) is 30.2 Å². The number of allylic oxidation sites excluding steroid dienone is 2. The van der Waals surface area contributed by atoms with Crippen LogP contribution in [0.4, 0.5) is 26.3 Å². The molecular weight excluding hydrogens is 390 g/mol. The predicted octanol–water partition coefficient (Wildman–Crippen LogP) is 4.53. The number of pyridine rings is 2. The van der Waals surface area contributed by atoms with Crippen LogP contribution in [0.1, 0.15) is 27.0 Å². The first-order chi connectivity index (χ1) is 13.0. The fourth-order valence-electron chi connectivity index (χ4n) is 2.61. The number of carbonyl (C=O) groups excluding carboxylic acids is 1. The van der Waals surface area contributed by atoms with Gasteiger partial charge in [0.2, 0.25) is 0 Å². The standard InChI is InChI=1S/C17H4F6N4O/c1-25-11(4-24)12-9-2-7(16(18,19)20)5-26-13(9)14-10(15(12)28)3-8(6-27-14)17(21,22)23/h2-3,5-6H. The number of hydrogen-bond donors (Lipinski definition) is 0. The predicted molar refractivity (Wildman–Crippen MR) is 80.9 cm³/mol. The molecule has 0 fully saturated rings. The Labute approximate surface area is 152 Å². The van der Waals surface area contributed by atoms with Gasteiger partial charge in [0, 0.05) is 29.1 Å². The highest BCUT2D eigenvalue weighted by atomic mass is 19.4. The number of alkyl halides is 6. The van der Waals surface area contributed by atoms with Gasteiger partial charge < -0.3 is 0 Å². The van der Waals surface area contributed by atoms with Gasteiger partial charge in [-0.1, -0.05) is 0 Å². The van der Waals surface area contributed by atoms with Crippen molar-refractivity contribution >= 4 is 11.4 Å². The second-order valence-electron chi connectivity index (χ2n) is 5.51. The number of nitrogens with zero attached hydrogens (tertiary/aromatic N) is 4. The van der Waals surface area contributed by atoms with Crippen LogP contribution < -0.4 is 0 Å². The molecule has 28 heavy (non-hydrogen) atoms. The maximum atomic E-state index is 13.0. The minimum Gasteiger partial charge on any atom is -0.290 e. The normalized spacial score (nSPS) is 15.2. The number of nitriles is 1. The summed E-state index contributed by atoms with van der Waals surface area (Å²) in [6, 6.07) is 2.36. The molecule has 3 rings (SSSR count). The van der Waals surface area contributed by atoms with Crippen molar-refractivity contribution < 1.29 is 31.1 Å². The molecule has 11 heteroatoms. The van der Waals surface area contributed by atoms with Gasteiger partial charge in [0.05, 0.1) is 29.5 Å². The van der Waals surface area contributed by atoms with Gasteiger partial charge in [-0.25, -0.2) is 10.1 Å². The number of fused-ring (bicyclic) bond motifs is 3. The van der Waals surface area contributed by atoms with Gasteiger partial charge >= 0.3 is 12.4 Å². The van der Waals surface area contributed by atoms with Crippen LogP contribution in [0, 0.1) is 17.9 Å². The first kappa shape index (κ1) is 19.0. The molecule has 5 nitrogen and oxygen atoms in total. The molecule has 0 radical (unpaired) electrons. The highest BCUT2D eigenvalue weighted by Gasteiger charge is 2.39. The second kappa shape index (κ2) is 6.16. The fraction of sp³-hybridized carbons (Fsp3) is 0.118. The Kier molecular flexibility index (Phi) is 4.19.